The number of carbonyl (C=O) groups is 1. The third-order valence-electron chi connectivity index (χ3n) is 6.36. The Hall–Kier alpha value is -2.10. The van der Waals surface area contributed by atoms with Gasteiger partial charge >= 0.3 is 0 Å². The second kappa shape index (κ2) is 15.1. The van der Waals surface area contributed by atoms with E-state index in [2.05, 4.69) is 71.2 Å². The van der Waals surface area contributed by atoms with Crippen molar-refractivity contribution in [3.63, 3.8) is 0 Å². The lowest BCUT2D eigenvalue weighted by atomic mass is 9.75. The van der Waals surface area contributed by atoms with E-state index in [1.807, 2.05) is 31.2 Å². The quantitative estimate of drug-likeness (QED) is 0.387. The summed E-state index contributed by atoms with van der Waals surface area (Å²) in [5.74, 6) is 0.477. The lowest BCUT2D eigenvalue weighted by molar-refractivity contribution is 0.0403. The van der Waals surface area contributed by atoms with Gasteiger partial charge in [0.25, 0.3) is 5.91 Å². The standard InChI is InChI=1S/C27H34ClNO.C3H8.CH4O/c1-7-8-13-24(17(2)3)29-26(22-15-14-19(6)16-23(22)28)25(18(4)5)20-11-9-10-12-21(20)27(29)30;1-3-2;1-2/h9-12,14-17,24-26H,4,7-8,13H2,1-3,5-6H3;3H2,1-2H3;2H,1H3. The molecule has 2 aromatic rings. The molecule has 1 heterocycles. The summed E-state index contributed by atoms with van der Waals surface area (Å²) in [5, 5.41) is 7.72. The molecule has 0 fully saturated rings. The predicted molar refractivity (Wildman–Crippen MR) is 151 cm³/mol. The molecule has 1 aliphatic rings. The number of fused-ring (bicyclic) bond motifs is 1. The van der Waals surface area contributed by atoms with E-state index in [4.69, 9.17) is 16.7 Å². The molecule has 3 unspecified atom stereocenters. The van der Waals surface area contributed by atoms with Crippen molar-refractivity contribution in [2.45, 2.75) is 92.2 Å². The molecule has 1 amide bonds. The summed E-state index contributed by atoms with van der Waals surface area (Å²) in [7, 11) is 1.00. The minimum absolute atomic E-state index is 0.0157. The molecule has 194 valence electrons. The number of nitrogens with zero attached hydrogens (tertiary/aromatic N) is 1. The van der Waals surface area contributed by atoms with Crippen molar-refractivity contribution >= 4 is 17.5 Å². The summed E-state index contributed by atoms with van der Waals surface area (Å²) in [6.45, 7) is 19.4. The van der Waals surface area contributed by atoms with Crippen LogP contribution in [0.25, 0.3) is 0 Å². The van der Waals surface area contributed by atoms with E-state index >= 15 is 0 Å². The summed E-state index contributed by atoms with van der Waals surface area (Å²) in [4.78, 5) is 16.0. The third-order valence-corrected chi connectivity index (χ3v) is 6.69. The number of hydrogen-bond acceptors (Lipinski definition) is 2. The van der Waals surface area contributed by atoms with Crippen molar-refractivity contribution in [3.05, 3.63) is 81.9 Å². The molecule has 0 bridgehead atoms. The molecule has 0 aromatic heterocycles. The molecule has 0 radical (unpaired) electrons. The number of carbonyl (C=O) groups excluding carboxylic acids is 1. The minimum atomic E-state index is -0.151. The van der Waals surface area contributed by atoms with Crippen LogP contribution in [0.15, 0.2) is 54.6 Å². The summed E-state index contributed by atoms with van der Waals surface area (Å²) in [6.07, 6.45) is 4.45. The zero-order valence-corrected chi connectivity index (χ0v) is 23.8. The summed E-state index contributed by atoms with van der Waals surface area (Å²) >= 11 is 6.79. The van der Waals surface area contributed by atoms with Crippen LogP contribution in [-0.4, -0.2) is 29.1 Å². The molecule has 0 aliphatic carbocycles. The highest BCUT2D eigenvalue weighted by molar-refractivity contribution is 6.31. The van der Waals surface area contributed by atoms with Crippen molar-refractivity contribution in [2.24, 2.45) is 5.92 Å². The maximum Gasteiger partial charge on any atom is 0.254 e. The van der Waals surface area contributed by atoms with E-state index in [1.54, 1.807) is 0 Å². The van der Waals surface area contributed by atoms with Crippen LogP contribution in [0.3, 0.4) is 0 Å². The molecule has 3 nitrogen and oxygen atoms in total. The highest BCUT2D eigenvalue weighted by Gasteiger charge is 2.44. The van der Waals surface area contributed by atoms with E-state index in [0.717, 1.165) is 59.2 Å². The van der Waals surface area contributed by atoms with E-state index in [9.17, 15) is 4.79 Å². The maximum absolute atomic E-state index is 13.9. The van der Waals surface area contributed by atoms with Crippen LogP contribution in [0.1, 0.15) is 106 Å². The molecule has 1 aliphatic heterocycles. The first-order valence-corrected chi connectivity index (χ1v) is 13.3. The number of aliphatic hydroxyl groups is 1. The molecular weight excluding hydrogens is 454 g/mol. The van der Waals surface area contributed by atoms with Crippen LogP contribution in [-0.2, 0) is 0 Å². The van der Waals surface area contributed by atoms with Gasteiger partial charge in [0.1, 0.15) is 0 Å². The molecule has 0 saturated carbocycles. The monoisotopic (exact) mass is 499 g/mol. The molecule has 3 atom stereocenters. The Morgan fingerprint density at radius 2 is 1.69 bits per heavy atom. The highest BCUT2D eigenvalue weighted by Crippen LogP contribution is 2.49. The smallest absolute Gasteiger partial charge is 0.254 e. The van der Waals surface area contributed by atoms with Crippen LogP contribution in [0, 0.1) is 12.8 Å². The van der Waals surface area contributed by atoms with Gasteiger partial charge in [0, 0.05) is 29.7 Å². The Morgan fingerprint density at radius 1 is 1.09 bits per heavy atom. The predicted octanol–water partition coefficient (Wildman–Crippen LogP) is 8.74. The number of benzene rings is 2. The number of rotatable bonds is 7. The highest BCUT2D eigenvalue weighted by atomic mass is 35.5. The van der Waals surface area contributed by atoms with Gasteiger partial charge in [-0.15, -0.1) is 0 Å². The van der Waals surface area contributed by atoms with E-state index in [0.29, 0.717) is 5.92 Å². The number of aryl methyl sites for hydroxylation is 1. The van der Waals surface area contributed by atoms with Gasteiger partial charge in [-0.1, -0.05) is 108 Å². The minimum Gasteiger partial charge on any atom is -0.400 e. The van der Waals surface area contributed by atoms with Gasteiger partial charge in [-0.25, -0.2) is 0 Å². The fourth-order valence-electron chi connectivity index (χ4n) is 4.86. The fraction of sp³-hybridized carbons (Fsp3) is 0.516. The van der Waals surface area contributed by atoms with E-state index in [1.165, 1.54) is 6.42 Å². The second-order valence-corrected chi connectivity index (χ2v) is 10.2. The first-order valence-electron chi connectivity index (χ1n) is 13.0. The SMILES string of the molecule is C=C(C)C1c2ccccc2C(=O)N(C(CCCC)C(C)C)C1c1ccc(C)cc1Cl.CCC.CO. The fourth-order valence-corrected chi connectivity index (χ4v) is 5.21. The number of halogens is 1. The van der Waals surface area contributed by atoms with Crippen molar-refractivity contribution in [1.82, 2.24) is 4.90 Å². The average Bonchev–Trinajstić information content (AvgIpc) is 2.82. The first-order chi connectivity index (χ1) is 16.7. The van der Waals surface area contributed by atoms with Crippen molar-refractivity contribution in [2.75, 3.05) is 7.11 Å². The van der Waals surface area contributed by atoms with Crippen molar-refractivity contribution in [1.29, 1.82) is 0 Å². The molecule has 4 heteroatoms. The summed E-state index contributed by atoms with van der Waals surface area (Å²) in [6, 6.07) is 14.2. The average molecular weight is 500 g/mol. The molecule has 35 heavy (non-hydrogen) atoms. The molecule has 1 N–H and O–H groups in total. The Kier molecular flexibility index (Phi) is 13.4. The lowest BCUT2D eigenvalue weighted by Gasteiger charge is -2.48. The molecule has 2 aromatic carbocycles. The number of hydrogen-bond donors (Lipinski definition) is 1. The largest absolute Gasteiger partial charge is 0.400 e. The van der Waals surface area contributed by atoms with Gasteiger partial charge in [0.15, 0.2) is 0 Å². The Morgan fingerprint density at radius 3 is 2.20 bits per heavy atom. The van der Waals surface area contributed by atoms with Crippen LogP contribution < -0.4 is 0 Å². The summed E-state index contributed by atoms with van der Waals surface area (Å²) in [5.41, 5.74) is 5.05. The number of aliphatic hydroxyl groups excluding tert-OH is 1. The second-order valence-electron chi connectivity index (χ2n) is 9.75. The van der Waals surface area contributed by atoms with E-state index in [-0.39, 0.29) is 23.9 Å². The van der Waals surface area contributed by atoms with Crippen molar-refractivity contribution < 1.29 is 9.90 Å². The molecule has 3 rings (SSSR count). The van der Waals surface area contributed by atoms with Gasteiger partial charge in [0.05, 0.1) is 6.04 Å². The van der Waals surface area contributed by atoms with Gasteiger partial charge in [0.2, 0.25) is 0 Å². The first kappa shape index (κ1) is 30.9. The maximum atomic E-state index is 13.9. The Bertz CT molecular complexity index is 953. The third kappa shape index (κ3) is 7.44. The van der Waals surface area contributed by atoms with Crippen LogP contribution in [0.2, 0.25) is 5.02 Å². The zero-order valence-electron chi connectivity index (χ0n) is 23.1. The lowest BCUT2D eigenvalue weighted by Crippen LogP contribution is -2.50. The van der Waals surface area contributed by atoms with Gasteiger partial charge in [-0.2, -0.15) is 0 Å². The Labute approximate surface area is 219 Å². The van der Waals surface area contributed by atoms with Gasteiger partial charge < -0.3 is 10.0 Å². The Balaban J connectivity index is 0.00000114. The molecule has 0 spiro atoms. The zero-order chi connectivity index (χ0) is 26.7. The van der Waals surface area contributed by atoms with E-state index < -0.39 is 0 Å². The van der Waals surface area contributed by atoms with Crippen LogP contribution in [0.5, 0.6) is 0 Å². The van der Waals surface area contributed by atoms with Crippen LogP contribution in [0.4, 0.5) is 0 Å². The van der Waals surface area contributed by atoms with Gasteiger partial charge in [-0.3, -0.25) is 4.79 Å². The normalized spacial score (nSPS) is 17.6. The number of amides is 1. The van der Waals surface area contributed by atoms with Crippen molar-refractivity contribution in [3.8, 4) is 0 Å². The number of unbranched alkanes of at least 4 members (excludes halogenated alkanes) is 1. The summed E-state index contributed by atoms with van der Waals surface area (Å²) < 4.78 is 0. The molecule has 0 saturated heterocycles. The van der Waals surface area contributed by atoms with Crippen LogP contribution >= 0.6 is 11.6 Å². The van der Waals surface area contributed by atoms with Gasteiger partial charge in [-0.05, 0) is 55.0 Å². The topological polar surface area (TPSA) is 40.5 Å². The molecular formula is C31H46ClNO2.